The van der Waals surface area contributed by atoms with Crippen LogP contribution in [0.1, 0.15) is 15.9 Å². The van der Waals surface area contributed by atoms with E-state index in [1.807, 2.05) is 48.5 Å². The summed E-state index contributed by atoms with van der Waals surface area (Å²) in [5, 5.41) is 3.76. The summed E-state index contributed by atoms with van der Waals surface area (Å²) >= 11 is 1.57. The second-order valence-electron chi connectivity index (χ2n) is 6.76. The zero-order chi connectivity index (χ0) is 20.4. The van der Waals surface area contributed by atoms with Gasteiger partial charge in [-0.3, -0.25) is 4.79 Å². The number of carbonyl (C=O) groups excluding carboxylic acids is 1. The number of hydrogen-bond donors (Lipinski definition) is 1. The fourth-order valence-corrected chi connectivity index (χ4v) is 4.86. The highest BCUT2D eigenvalue weighted by molar-refractivity contribution is 7.89. The zero-order valence-corrected chi connectivity index (χ0v) is 17.3. The molecule has 0 aliphatic rings. The van der Waals surface area contributed by atoms with Crippen LogP contribution in [0.15, 0.2) is 72.8 Å². The van der Waals surface area contributed by atoms with Crippen molar-refractivity contribution in [2.45, 2.75) is 5.75 Å². The number of hydrogen-bond acceptors (Lipinski definition) is 5. The van der Waals surface area contributed by atoms with Gasteiger partial charge in [0.15, 0.2) is 9.84 Å². The Balaban J connectivity index is 1.64. The molecule has 5 nitrogen and oxygen atoms in total. The number of amides is 1. The molecule has 4 aromatic rings. The Kier molecular flexibility index (Phi) is 5.17. The van der Waals surface area contributed by atoms with E-state index in [0.29, 0.717) is 16.8 Å². The average molecular weight is 423 g/mol. The summed E-state index contributed by atoms with van der Waals surface area (Å²) < 4.78 is 24.2. The number of nitrogens with one attached hydrogen (secondary N) is 1. The molecule has 7 heteroatoms. The zero-order valence-electron chi connectivity index (χ0n) is 15.6. The summed E-state index contributed by atoms with van der Waals surface area (Å²) in [6, 6.07) is 22.1. The van der Waals surface area contributed by atoms with Crippen molar-refractivity contribution in [2.75, 3.05) is 11.6 Å². The van der Waals surface area contributed by atoms with Crippen LogP contribution in [0.5, 0.6) is 0 Å². The number of benzene rings is 3. The number of aromatic nitrogens is 1. The number of fused-ring (bicyclic) bond motifs is 1. The number of anilines is 1. The van der Waals surface area contributed by atoms with Gasteiger partial charge in [-0.25, -0.2) is 13.4 Å². The number of rotatable bonds is 5. The molecule has 0 saturated heterocycles. The Morgan fingerprint density at radius 2 is 1.76 bits per heavy atom. The van der Waals surface area contributed by atoms with Crippen LogP contribution in [0.4, 0.5) is 5.69 Å². The molecule has 0 unspecified atom stereocenters. The highest BCUT2D eigenvalue weighted by Gasteiger charge is 2.14. The highest BCUT2D eigenvalue weighted by atomic mass is 32.2. The molecule has 1 heterocycles. The number of thiazole rings is 1. The fourth-order valence-electron chi connectivity index (χ4n) is 3.07. The van der Waals surface area contributed by atoms with Crippen molar-refractivity contribution in [3.63, 3.8) is 0 Å². The molecule has 4 rings (SSSR count). The van der Waals surface area contributed by atoms with Gasteiger partial charge in [0.25, 0.3) is 5.91 Å². The first-order valence-electron chi connectivity index (χ1n) is 8.92. The lowest BCUT2D eigenvalue weighted by Crippen LogP contribution is -2.13. The normalized spacial score (nSPS) is 11.5. The van der Waals surface area contributed by atoms with Gasteiger partial charge in [-0.15, -0.1) is 11.3 Å². The monoisotopic (exact) mass is 422 g/mol. The van der Waals surface area contributed by atoms with Crippen molar-refractivity contribution in [3.05, 3.63) is 83.9 Å². The smallest absolute Gasteiger partial charge is 0.255 e. The molecular formula is C22H18N2O3S2. The molecule has 29 heavy (non-hydrogen) atoms. The molecule has 0 radical (unpaired) electrons. The summed E-state index contributed by atoms with van der Waals surface area (Å²) in [7, 11) is -3.17. The van der Waals surface area contributed by atoms with Crippen LogP contribution >= 0.6 is 11.3 Å². The summed E-state index contributed by atoms with van der Waals surface area (Å²) in [4.78, 5) is 17.5. The second kappa shape index (κ2) is 7.77. The van der Waals surface area contributed by atoms with Crippen molar-refractivity contribution >= 4 is 43.0 Å². The van der Waals surface area contributed by atoms with E-state index < -0.39 is 9.84 Å². The first-order chi connectivity index (χ1) is 13.9. The SMILES string of the molecule is CS(=O)(=O)Cc1cccc(C(=O)Nc2ccccc2-c2nc3ccccc3s2)c1. The molecule has 0 aliphatic heterocycles. The van der Waals surface area contributed by atoms with Gasteiger partial charge in [0.2, 0.25) is 0 Å². The largest absolute Gasteiger partial charge is 0.321 e. The van der Waals surface area contributed by atoms with Crippen LogP contribution in [0.3, 0.4) is 0 Å². The Labute approximate surface area is 173 Å². The van der Waals surface area contributed by atoms with Crippen LogP contribution < -0.4 is 5.32 Å². The van der Waals surface area contributed by atoms with Gasteiger partial charge in [0, 0.05) is 17.4 Å². The van der Waals surface area contributed by atoms with Crippen LogP contribution in [-0.2, 0) is 15.6 Å². The van der Waals surface area contributed by atoms with Gasteiger partial charge in [-0.2, -0.15) is 0 Å². The minimum Gasteiger partial charge on any atom is -0.321 e. The van der Waals surface area contributed by atoms with Crippen molar-refractivity contribution < 1.29 is 13.2 Å². The van der Waals surface area contributed by atoms with Gasteiger partial charge in [0.1, 0.15) is 5.01 Å². The van der Waals surface area contributed by atoms with Gasteiger partial charge in [0.05, 0.1) is 21.7 Å². The molecular weight excluding hydrogens is 404 g/mol. The third kappa shape index (κ3) is 4.52. The minimum absolute atomic E-state index is 0.101. The Morgan fingerprint density at radius 3 is 2.55 bits per heavy atom. The van der Waals surface area contributed by atoms with Crippen molar-refractivity contribution in [3.8, 4) is 10.6 Å². The number of nitrogens with zero attached hydrogens (tertiary/aromatic N) is 1. The third-order valence-corrected chi connectivity index (χ3v) is 6.24. The van der Waals surface area contributed by atoms with E-state index in [2.05, 4.69) is 10.3 Å². The van der Waals surface area contributed by atoms with E-state index in [0.717, 1.165) is 20.8 Å². The molecule has 0 fully saturated rings. The average Bonchev–Trinajstić information content (AvgIpc) is 3.11. The van der Waals surface area contributed by atoms with Gasteiger partial charge in [-0.1, -0.05) is 36.4 Å². The van der Waals surface area contributed by atoms with E-state index in [9.17, 15) is 13.2 Å². The Morgan fingerprint density at radius 1 is 1.00 bits per heavy atom. The minimum atomic E-state index is -3.17. The van der Waals surface area contributed by atoms with E-state index >= 15 is 0 Å². The lowest BCUT2D eigenvalue weighted by Gasteiger charge is -2.10. The number of sulfone groups is 1. The van der Waals surface area contributed by atoms with Crippen molar-refractivity contribution in [1.82, 2.24) is 4.98 Å². The van der Waals surface area contributed by atoms with Crippen LogP contribution in [0.25, 0.3) is 20.8 Å². The van der Waals surface area contributed by atoms with Crippen LogP contribution in [0, 0.1) is 0 Å². The summed E-state index contributed by atoms with van der Waals surface area (Å²) in [5.41, 5.74) is 3.41. The first-order valence-corrected chi connectivity index (χ1v) is 11.8. The molecule has 3 aromatic carbocycles. The van der Waals surface area contributed by atoms with Gasteiger partial charge >= 0.3 is 0 Å². The quantitative estimate of drug-likeness (QED) is 0.503. The van der Waals surface area contributed by atoms with E-state index in [1.54, 1.807) is 35.6 Å². The predicted molar refractivity (Wildman–Crippen MR) is 118 cm³/mol. The fraction of sp³-hybridized carbons (Fsp3) is 0.0909. The van der Waals surface area contributed by atoms with Crippen molar-refractivity contribution in [2.24, 2.45) is 0 Å². The molecule has 0 bridgehead atoms. The molecule has 1 aromatic heterocycles. The molecule has 1 amide bonds. The van der Waals surface area contributed by atoms with E-state index in [1.165, 1.54) is 6.26 Å². The van der Waals surface area contributed by atoms with Crippen LogP contribution in [0.2, 0.25) is 0 Å². The number of carbonyl (C=O) groups is 1. The maximum absolute atomic E-state index is 12.8. The molecule has 146 valence electrons. The molecule has 0 aliphatic carbocycles. The van der Waals surface area contributed by atoms with E-state index in [-0.39, 0.29) is 11.7 Å². The second-order valence-corrected chi connectivity index (χ2v) is 9.93. The highest BCUT2D eigenvalue weighted by Crippen LogP contribution is 2.34. The van der Waals surface area contributed by atoms with Gasteiger partial charge in [-0.05, 0) is 42.0 Å². The molecule has 1 N–H and O–H groups in total. The number of para-hydroxylation sites is 2. The van der Waals surface area contributed by atoms with E-state index in [4.69, 9.17) is 0 Å². The standard InChI is InChI=1S/C22H18N2O3S2/c1-29(26,27)14-15-7-6-8-16(13-15)21(25)23-18-10-3-2-9-17(18)22-24-19-11-4-5-12-20(19)28-22/h2-13H,14H2,1H3,(H,23,25). The van der Waals surface area contributed by atoms with Crippen LogP contribution in [-0.4, -0.2) is 25.6 Å². The Hall–Kier alpha value is -3.03. The Bertz CT molecular complexity index is 1280. The molecule has 0 spiro atoms. The van der Waals surface area contributed by atoms with Crippen molar-refractivity contribution in [1.29, 1.82) is 0 Å². The molecule has 0 atom stereocenters. The van der Waals surface area contributed by atoms with Gasteiger partial charge < -0.3 is 5.32 Å². The lowest BCUT2D eigenvalue weighted by atomic mass is 10.1. The molecule has 0 saturated carbocycles. The maximum atomic E-state index is 12.8. The maximum Gasteiger partial charge on any atom is 0.255 e. The third-order valence-electron chi connectivity index (χ3n) is 4.32. The summed E-state index contributed by atoms with van der Waals surface area (Å²) in [6.45, 7) is 0. The predicted octanol–water partition coefficient (Wildman–Crippen LogP) is 4.76. The topological polar surface area (TPSA) is 76.1 Å². The summed E-state index contributed by atoms with van der Waals surface area (Å²) in [5.74, 6) is -0.398. The first kappa shape index (κ1) is 19.3. The lowest BCUT2D eigenvalue weighted by molar-refractivity contribution is 0.102. The summed E-state index contributed by atoms with van der Waals surface area (Å²) in [6.07, 6.45) is 1.17.